The van der Waals surface area contributed by atoms with Crippen LogP contribution < -0.4 is 9.64 Å². The SMILES string of the molecule is Cc1c(Cc2ccccc2)c(N2CCN(CCOc3ccccc3)CC2)n2c(nc3ccccc32)c1C#N. The lowest BCUT2D eigenvalue weighted by molar-refractivity contribution is 0.200. The Morgan fingerprint density at radius 3 is 2.29 bits per heavy atom. The summed E-state index contributed by atoms with van der Waals surface area (Å²) in [6, 6.07) is 31.2. The number of hydrogen-bond acceptors (Lipinski definition) is 5. The first-order valence-corrected chi connectivity index (χ1v) is 13.2. The van der Waals surface area contributed by atoms with Crippen molar-refractivity contribution in [3.8, 4) is 11.8 Å². The normalized spacial score (nSPS) is 14.2. The molecule has 3 heterocycles. The Labute approximate surface area is 223 Å². The van der Waals surface area contributed by atoms with Gasteiger partial charge in [0.2, 0.25) is 0 Å². The largest absolute Gasteiger partial charge is 0.492 e. The summed E-state index contributed by atoms with van der Waals surface area (Å²) in [5, 5.41) is 10.2. The molecule has 1 aliphatic rings. The highest BCUT2D eigenvalue weighted by atomic mass is 16.5. The zero-order chi connectivity index (χ0) is 25.9. The molecule has 6 nitrogen and oxygen atoms in total. The number of ether oxygens (including phenoxy) is 1. The highest BCUT2D eigenvalue weighted by Crippen LogP contribution is 2.35. The molecule has 38 heavy (non-hydrogen) atoms. The smallest absolute Gasteiger partial charge is 0.157 e. The summed E-state index contributed by atoms with van der Waals surface area (Å²) >= 11 is 0. The number of nitriles is 1. The molecule has 0 bridgehead atoms. The number of benzene rings is 3. The van der Waals surface area contributed by atoms with Gasteiger partial charge < -0.3 is 9.64 Å². The summed E-state index contributed by atoms with van der Waals surface area (Å²) in [5.74, 6) is 2.08. The Morgan fingerprint density at radius 1 is 0.868 bits per heavy atom. The van der Waals surface area contributed by atoms with Crippen molar-refractivity contribution >= 4 is 22.5 Å². The maximum absolute atomic E-state index is 10.2. The van der Waals surface area contributed by atoms with Gasteiger partial charge in [0.05, 0.1) is 16.6 Å². The van der Waals surface area contributed by atoms with Crippen LogP contribution in [0.15, 0.2) is 84.9 Å². The van der Waals surface area contributed by atoms with Gasteiger partial charge in [-0.05, 0) is 42.3 Å². The number of aromatic nitrogens is 2. The van der Waals surface area contributed by atoms with Gasteiger partial charge in [0.25, 0.3) is 0 Å². The summed E-state index contributed by atoms with van der Waals surface area (Å²) < 4.78 is 8.17. The molecule has 0 radical (unpaired) electrons. The van der Waals surface area contributed by atoms with E-state index in [-0.39, 0.29) is 0 Å². The van der Waals surface area contributed by atoms with Crippen LogP contribution in [0.3, 0.4) is 0 Å². The first-order chi connectivity index (χ1) is 18.7. The zero-order valence-corrected chi connectivity index (χ0v) is 21.7. The maximum atomic E-state index is 10.2. The Hall–Kier alpha value is -4.34. The van der Waals surface area contributed by atoms with Crippen molar-refractivity contribution in [2.75, 3.05) is 44.2 Å². The van der Waals surface area contributed by atoms with Gasteiger partial charge in [-0.3, -0.25) is 9.30 Å². The fourth-order valence-corrected chi connectivity index (χ4v) is 5.50. The molecule has 6 rings (SSSR count). The minimum Gasteiger partial charge on any atom is -0.492 e. The molecule has 0 unspecified atom stereocenters. The van der Waals surface area contributed by atoms with Gasteiger partial charge in [-0.2, -0.15) is 5.26 Å². The van der Waals surface area contributed by atoms with Crippen LogP contribution >= 0.6 is 0 Å². The first-order valence-electron chi connectivity index (χ1n) is 13.2. The van der Waals surface area contributed by atoms with E-state index in [0.29, 0.717) is 12.2 Å². The predicted octanol–water partition coefficient (Wildman–Crippen LogP) is 5.46. The van der Waals surface area contributed by atoms with E-state index in [4.69, 9.17) is 9.72 Å². The molecule has 0 aliphatic carbocycles. The van der Waals surface area contributed by atoms with Gasteiger partial charge in [-0.15, -0.1) is 0 Å². The number of rotatable bonds is 7. The summed E-state index contributed by atoms with van der Waals surface area (Å²) in [5.41, 5.74) is 6.82. The fourth-order valence-electron chi connectivity index (χ4n) is 5.50. The number of piperazine rings is 1. The van der Waals surface area contributed by atoms with Crippen LogP contribution in [0.25, 0.3) is 16.7 Å². The lowest BCUT2D eigenvalue weighted by Gasteiger charge is -2.37. The Morgan fingerprint density at radius 2 is 1.55 bits per heavy atom. The number of fused-ring (bicyclic) bond motifs is 3. The van der Waals surface area contributed by atoms with Crippen molar-refractivity contribution in [2.45, 2.75) is 13.3 Å². The van der Waals surface area contributed by atoms with Crippen molar-refractivity contribution in [2.24, 2.45) is 0 Å². The van der Waals surface area contributed by atoms with Gasteiger partial charge in [0, 0.05) is 44.7 Å². The van der Waals surface area contributed by atoms with Crippen molar-refractivity contribution < 1.29 is 4.74 Å². The average Bonchev–Trinajstić information content (AvgIpc) is 3.34. The number of nitrogens with zero attached hydrogens (tertiary/aromatic N) is 5. The number of anilines is 1. The van der Waals surface area contributed by atoms with Crippen LogP contribution in [0.4, 0.5) is 5.82 Å². The second-order valence-electron chi connectivity index (χ2n) is 9.83. The number of hydrogen-bond donors (Lipinski definition) is 0. The van der Waals surface area contributed by atoms with E-state index in [1.165, 1.54) is 11.1 Å². The molecule has 0 spiro atoms. The third-order valence-electron chi connectivity index (χ3n) is 7.52. The van der Waals surface area contributed by atoms with Gasteiger partial charge in [-0.1, -0.05) is 60.7 Å². The molecule has 0 amide bonds. The summed E-state index contributed by atoms with van der Waals surface area (Å²) in [7, 11) is 0. The van der Waals surface area contributed by atoms with Crippen LogP contribution in [0.1, 0.15) is 22.3 Å². The molecule has 0 saturated carbocycles. The molecular weight excluding hydrogens is 470 g/mol. The van der Waals surface area contributed by atoms with Crippen LogP contribution in [0.5, 0.6) is 5.75 Å². The molecule has 2 aromatic heterocycles. The van der Waals surface area contributed by atoms with Gasteiger partial charge in [0.15, 0.2) is 5.65 Å². The summed E-state index contributed by atoms with van der Waals surface area (Å²) in [4.78, 5) is 9.88. The maximum Gasteiger partial charge on any atom is 0.157 e. The standard InChI is InChI=1S/C32H31N5O/c1-24-27(22-25-10-4-2-5-11-25)32(37-30-15-9-8-14-29(30)34-31(37)28(24)23-33)36-18-16-35(17-19-36)20-21-38-26-12-6-3-7-13-26/h2-15H,16-22H2,1H3. The van der Waals surface area contributed by atoms with Crippen LogP contribution in [0, 0.1) is 18.3 Å². The Balaban J connectivity index is 1.34. The minimum atomic E-state index is 0.660. The van der Waals surface area contributed by atoms with E-state index in [1.807, 2.05) is 54.6 Å². The average molecular weight is 502 g/mol. The molecule has 3 aromatic carbocycles. The predicted molar refractivity (Wildman–Crippen MR) is 152 cm³/mol. The van der Waals surface area contributed by atoms with Gasteiger partial charge in [0.1, 0.15) is 24.2 Å². The third-order valence-corrected chi connectivity index (χ3v) is 7.52. The van der Waals surface area contributed by atoms with Gasteiger partial charge in [-0.25, -0.2) is 4.98 Å². The molecule has 0 atom stereocenters. The minimum absolute atomic E-state index is 0.660. The summed E-state index contributed by atoms with van der Waals surface area (Å²) in [6.45, 7) is 7.37. The van der Waals surface area contributed by atoms with Gasteiger partial charge >= 0.3 is 0 Å². The fraction of sp³-hybridized carbons (Fsp3) is 0.250. The molecule has 0 N–H and O–H groups in total. The summed E-state index contributed by atoms with van der Waals surface area (Å²) in [6.07, 6.45) is 0.768. The van der Waals surface area contributed by atoms with Crippen LogP contribution in [-0.2, 0) is 6.42 Å². The van der Waals surface area contributed by atoms with Crippen molar-refractivity contribution in [3.05, 3.63) is 107 Å². The second-order valence-corrected chi connectivity index (χ2v) is 9.83. The second kappa shape index (κ2) is 10.6. The molecular formula is C32H31N5O. The molecule has 1 fully saturated rings. The van der Waals surface area contributed by atoms with E-state index in [1.54, 1.807) is 0 Å². The topological polar surface area (TPSA) is 56.8 Å². The van der Waals surface area contributed by atoms with E-state index in [9.17, 15) is 5.26 Å². The van der Waals surface area contributed by atoms with Crippen molar-refractivity contribution in [1.82, 2.24) is 14.3 Å². The van der Waals surface area contributed by atoms with E-state index < -0.39 is 0 Å². The van der Waals surface area contributed by atoms with E-state index in [2.05, 4.69) is 57.5 Å². The third kappa shape index (κ3) is 4.57. The molecule has 190 valence electrons. The highest BCUT2D eigenvalue weighted by molar-refractivity contribution is 5.86. The number of para-hydroxylation sites is 3. The molecule has 1 aliphatic heterocycles. The zero-order valence-electron chi connectivity index (χ0n) is 21.7. The van der Waals surface area contributed by atoms with Crippen LogP contribution in [-0.4, -0.2) is 53.6 Å². The van der Waals surface area contributed by atoms with Crippen molar-refractivity contribution in [3.63, 3.8) is 0 Å². The van der Waals surface area contributed by atoms with E-state index >= 15 is 0 Å². The first kappa shape index (κ1) is 24.0. The number of imidazole rings is 1. The monoisotopic (exact) mass is 501 g/mol. The highest BCUT2D eigenvalue weighted by Gasteiger charge is 2.27. The Bertz CT molecular complexity index is 1600. The number of pyridine rings is 1. The van der Waals surface area contributed by atoms with Crippen molar-refractivity contribution in [1.29, 1.82) is 5.26 Å². The van der Waals surface area contributed by atoms with E-state index in [0.717, 1.165) is 73.0 Å². The molecule has 6 heteroatoms. The molecule has 1 saturated heterocycles. The molecule has 5 aromatic rings. The van der Waals surface area contributed by atoms with Crippen LogP contribution in [0.2, 0.25) is 0 Å². The lowest BCUT2D eigenvalue weighted by Crippen LogP contribution is -2.48. The Kier molecular flexibility index (Phi) is 6.68. The quantitative estimate of drug-likeness (QED) is 0.296. The lowest BCUT2D eigenvalue weighted by atomic mass is 9.97.